The highest BCUT2D eigenvalue weighted by Gasteiger charge is 2.19. The molecule has 0 radical (unpaired) electrons. The van der Waals surface area contributed by atoms with Gasteiger partial charge in [-0.15, -0.1) is 0 Å². The number of allylic oxidation sites excluding steroid dienone is 4. The minimum atomic E-state index is -0.212. The standard InChI is InChI=1S/C18H20FNO/c19-17-9-5-16(6-10-17)14-21-18-11-7-15(8-12-18)4-2-1-3-13-20/h1-6,9-10,15,18H,7-8,11-12,14H2. The third kappa shape index (κ3) is 5.53. The van der Waals surface area contributed by atoms with Gasteiger partial charge in [0.25, 0.3) is 0 Å². The minimum absolute atomic E-state index is 0.212. The second-order valence-corrected chi connectivity index (χ2v) is 5.35. The Morgan fingerprint density at radius 2 is 1.86 bits per heavy atom. The highest BCUT2D eigenvalue weighted by atomic mass is 19.1. The van der Waals surface area contributed by atoms with Crippen molar-refractivity contribution in [1.29, 1.82) is 5.26 Å². The summed E-state index contributed by atoms with van der Waals surface area (Å²) in [5.41, 5.74) is 1.01. The van der Waals surface area contributed by atoms with Crippen molar-refractivity contribution in [3.05, 3.63) is 60.0 Å². The smallest absolute Gasteiger partial charge is 0.123 e. The molecule has 0 aromatic heterocycles. The zero-order valence-corrected chi connectivity index (χ0v) is 12.0. The molecule has 1 aliphatic rings. The van der Waals surface area contributed by atoms with Crippen LogP contribution in [0.4, 0.5) is 4.39 Å². The Labute approximate surface area is 125 Å². The lowest BCUT2D eigenvalue weighted by Gasteiger charge is -2.26. The van der Waals surface area contributed by atoms with Gasteiger partial charge in [0.05, 0.1) is 18.8 Å². The first-order valence-electron chi connectivity index (χ1n) is 7.37. The first-order chi connectivity index (χ1) is 10.3. The molecule has 2 nitrogen and oxygen atoms in total. The Morgan fingerprint density at radius 3 is 2.52 bits per heavy atom. The molecule has 1 saturated carbocycles. The fourth-order valence-corrected chi connectivity index (χ4v) is 2.56. The lowest BCUT2D eigenvalue weighted by molar-refractivity contribution is 0.0110. The Hall–Kier alpha value is -1.92. The number of hydrogen-bond donors (Lipinski definition) is 0. The molecule has 0 saturated heterocycles. The summed E-state index contributed by atoms with van der Waals surface area (Å²) in [4.78, 5) is 0. The molecule has 0 amide bonds. The lowest BCUT2D eigenvalue weighted by Crippen LogP contribution is -2.20. The first kappa shape index (κ1) is 15.5. The quantitative estimate of drug-likeness (QED) is 0.588. The second-order valence-electron chi connectivity index (χ2n) is 5.35. The van der Waals surface area contributed by atoms with Crippen molar-refractivity contribution in [2.75, 3.05) is 0 Å². The van der Waals surface area contributed by atoms with E-state index in [2.05, 4.69) is 6.08 Å². The van der Waals surface area contributed by atoms with Crippen LogP contribution in [0.5, 0.6) is 0 Å². The van der Waals surface area contributed by atoms with Crippen LogP contribution < -0.4 is 0 Å². The van der Waals surface area contributed by atoms with Crippen molar-refractivity contribution in [1.82, 2.24) is 0 Å². The van der Waals surface area contributed by atoms with Crippen molar-refractivity contribution in [3.63, 3.8) is 0 Å². The van der Waals surface area contributed by atoms with Crippen LogP contribution in [-0.4, -0.2) is 6.10 Å². The van der Waals surface area contributed by atoms with Crippen LogP contribution >= 0.6 is 0 Å². The van der Waals surface area contributed by atoms with E-state index < -0.39 is 0 Å². The van der Waals surface area contributed by atoms with E-state index in [1.807, 2.05) is 12.1 Å². The number of ether oxygens (including phenoxy) is 1. The van der Waals surface area contributed by atoms with E-state index in [0.717, 1.165) is 31.2 Å². The summed E-state index contributed by atoms with van der Waals surface area (Å²) in [6, 6.07) is 8.45. The molecule has 0 bridgehead atoms. The largest absolute Gasteiger partial charge is 0.374 e. The average molecular weight is 285 g/mol. The van der Waals surface area contributed by atoms with Crippen LogP contribution in [0.1, 0.15) is 31.2 Å². The molecule has 0 aliphatic heterocycles. The van der Waals surface area contributed by atoms with Gasteiger partial charge in [-0.05, 0) is 49.3 Å². The maximum atomic E-state index is 12.8. The molecular formula is C18H20FNO. The molecule has 2 rings (SSSR count). The summed E-state index contributed by atoms with van der Waals surface area (Å²) in [5, 5.41) is 8.40. The average Bonchev–Trinajstić information content (AvgIpc) is 2.52. The molecule has 1 aromatic rings. The molecule has 21 heavy (non-hydrogen) atoms. The molecule has 1 fully saturated rings. The van der Waals surface area contributed by atoms with Gasteiger partial charge in [-0.2, -0.15) is 5.26 Å². The fourth-order valence-electron chi connectivity index (χ4n) is 2.56. The third-order valence-corrected chi connectivity index (χ3v) is 3.78. The Kier molecular flexibility index (Phi) is 6.18. The summed E-state index contributed by atoms with van der Waals surface area (Å²) in [6.07, 6.45) is 12.0. The van der Waals surface area contributed by atoms with E-state index in [1.54, 1.807) is 18.2 Å². The van der Waals surface area contributed by atoms with Crippen LogP contribution in [0.3, 0.4) is 0 Å². The number of halogens is 1. The van der Waals surface area contributed by atoms with E-state index in [0.29, 0.717) is 18.6 Å². The van der Waals surface area contributed by atoms with Crippen molar-refractivity contribution in [3.8, 4) is 6.07 Å². The minimum Gasteiger partial charge on any atom is -0.374 e. The molecule has 0 N–H and O–H groups in total. The second kappa shape index (κ2) is 8.39. The first-order valence-corrected chi connectivity index (χ1v) is 7.37. The summed E-state index contributed by atoms with van der Waals surface area (Å²) in [7, 11) is 0. The molecule has 110 valence electrons. The summed E-state index contributed by atoms with van der Waals surface area (Å²) < 4.78 is 18.7. The molecule has 0 spiro atoms. The molecule has 0 heterocycles. The zero-order chi connectivity index (χ0) is 14.9. The predicted molar refractivity (Wildman–Crippen MR) is 80.8 cm³/mol. The van der Waals surface area contributed by atoms with Gasteiger partial charge in [0, 0.05) is 6.08 Å². The summed E-state index contributed by atoms with van der Waals surface area (Å²) >= 11 is 0. The fraction of sp³-hybridized carbons (Fsp3) is 0.389. The van der Waals surface area contributed by atoms with Crippen molar-refractivity contribution < 1.29 is 9.13 Å². The van der Waals surface area contributed by atoms with Crippen LogP contribution in [0.25, 0.3) is 0 Å². The van der Waals surface area contributed by atoms with Crippen molar-refractivity contribution in [2.45, 2.75) is 38.4 Å². The molecule has 3 heteroatoms. The maximum Gasteiger partial charge on any atom is 0.123 e. The van der Waals surface area contributed by atoms with Crippen LogP contribution in [0.2, 0.25) is 0 Å². The number of nitriles is 1. The zero-order valence-electron chi connectivity index (χ0n) is 12.0. The normalized spacial score (nSPS) is 22.7. The Balaban J connectivity index is 1.69. The number of hydrogen-bond acceptors (Lipinski definition) is 2. The third-order valence-electron chi connectivity index (χ3n) is 3.78. The predicted octanol–water partition coefficient (Wildman–Crippen LogP) is 4.54. The molecule has 1 aromatic carbocycles. The lowest BCUT2D eigenvalue weighted by atomic mass is 9.87. The van der Waals surface area contributed by atoms with Gasteiger partial charge in [-0.25, -0.2) is 4.39 Å². The maximum absolute atomic E-state index is 12.8. The van der Waals surface area contributed by atoms with Crippen LogP contribution in [-0.2, 0) is 11.3 Å². The van der Waals surface area contributed by atoms with Gasteiger partial charge in [0.1, 0.15) is 5.82 Å². The number of nitrogens with zero attached hydrogens (tertiary/aromatic N) is 1. The van der Waals surface area contributed by atoms with Crippen LogP contribution in [0, 0.1) is 23.1 Å². The summed E-state index contributed by atoms with van der Waals surface area (Å²) in [5.74, 6) is 0.371. The van der Waals surface area contributed by atoms with Gasteiger partial charge >= 0.3 is 0 Å². The molecule has 1 aliphatic carbocycles. The highest BCUT2D eigenvalue weighted by molar-refractivity contribution is 5.15. The van der Waals surface area contributed by atoms with Crippen LogP contribution in [0.15, 0.2) is 48.6 Å². The van der Waals surface area contributed by atoms with Crippen molar-refractivity contribution >= 4 is 0 Å². The van der Waals surface area contributed by atoms with Gasteiger partial charge in [-0.1, -0.05) is 30.4 Å². The number of benzene rings is 1. The topological polar surface area (TPSA) is 33.0 Å². The van der Waals surface area contributed by atoms with Gasteiger partial charge < -0.3 is 4.74 Å². The van der Waals surface area contributed by atoms with E-state index >= 15 is 0 Å². The van der Waals surface area contributed by atoms with Gasteiger partial charge in [0.15, 0.2) is 0 Å². The van der Waals surface area contributed by atoms with E-state index in [1.165, 1.54) is 18.2 Å². The molecular weight excluding hydrogens is 265 g/mol. The van der Waals surface area contributed by atoms with Gasteiger partial charge in [-0.3, -0.25) is 0 Å². The Morgan fingerprint density at radius 1 is 1.14 bits per heavy atom. The van der Waals surface area contributed by atoms with E-state index in [-0.39, 0.29) is 5.82 Å². The van der Waals surface area contributed by atoms with Gasteiger partial charge in [0.2, 0.25) is 0 Å². The van der Waals surface area contributed by atoms with Crippen molar-refractivity contribution in [2.24, 2.45) is 5.92 Å². The van der Waals surface area contributed by atoms with E-state index in [4.69, 9.17) is 10.00 Å². The molecule has 0 atom stereocenters. The monoisotopic (exact) mass is 285 g/mol. The molecule has 0 unspecified atom stereocenters. The van der Waals surface area contributed by atoms with E-state index in [9.17, 15) is 4.39 Å². The highest BCUT2D eigenvalue weighted by Crippen LogP contribution is 2.27. The SMILES string of the molecule is N#CC=CC=CC1CCC(OCc2ccc(F)cc2)CC1. The number of rotatable bonds is 5. The Bertz CT molecular complexity index is 519. The summed E-state index contributed by atoms with van der Waals surface area (Å²) in [6.45, 7) is 0.552.